The monoisotopic (exact) mass is 333 g/mol. The van der Waals surface area contributed by atoms with Gasteiger partial charge in [0.25, 0.3) is 0 Å². The Hall–Kier alpha value is -0.980. The molecule has 0 aliphatic carbocycles. The van der Waals surface area contributed by atoms with Crippen LogP contribution >= 0.6 is 6.72 Å². The minimum absolute atomic E-state index is 0.151. The summed E-state index contributed by atoms with van der Waals surface area (Å²) in [6.07, 6.45) is 0.271. The third-order valence-electron chi connectivity index (χ3n) is 2.47. The summed E-state index contributed by atoms with van der Waals surface area (Å²) < 4.78 is 15.6. The van der Waals surface area contributed by atoms with Gasteiger partial charge >= 0.3 is 12.7 Å². The standard InChI is InChI=1S/C13H20NO5PS/c1-3-17-20(21,18-4-2)19-13(16)12(14)9-10-5-7-11(15)8-6-10/h5-8,12,15H,3-4,9,14H2,1-2H3/t12-/m0/s1. The van der Waals surface area contributed by atoms with Crippen LogP contribution in [0.15, 0.2) is 24.3 Å². The molecule has 0 saturated carbocycles. The SMILES string of the molecule is CCOP(=S)(OCC)OC(=O)[C@@H](N)Cc1ccc(O)cc1. The Morgan fingerprint density at radius 3 is 2.29 bits per heavy atom. The summed E-state index contributed by atoms with van der Waals surface area (Å²) >= 11 is 5.11. The van der Waals surface area contributed by atoms with E-state index in [0.717, 1.165) is 5.56 Å². The second kappa shape index (κ2) is 8.46. The van der Waals surface area contributed by atoms with E-state index in [1.807, 2.05) is 0 Å². The maximum atomic E-state index is 12.0. The first-order valence-electron chi connectivity index (χ1n) is 6.56. The minimum atomic E-state index is -3.08. The maximum Gasteiger partial charge on any atom is 0.382 e. The summed E-state index contributed by atoms with van der Waals surface area (Å²) in [6.45, 7) is 0.981. The van der Waals surface area contributed by atoms with Crippen LogP contribution in [0.3, 0.4) is 0 Å². The minimum Gasteiger partial charge on any atom is -0.508 e. The number of carbonyl (C=O) groups excluding carboxylic acids is 1. The van der Waals surface area contributed by atoms with Gasteiger partial charge in [0.05, 0.1) is 13.2 Å². The van der Waals surface area contributed by atoms with Crippen molar-refractivity contribution in [2.24, 2.45) is 5.73 Å². The zero-order valence-corrected chi connectivity index (χ0v) is 13.7. The van der Waals surface area contributed by atoms with E-state index in [4.69, 9.17) is 31.1 Å². The second-order valence-electron chi connectivity index (χ2n) is 4.17. The van der Waals surface area contributed by atoms with Crippen molar-refractivity contribution < 1.29 is 23.5 Å². The molecule has 0 unspecified atom stereocenters. The zero-order chi connectivity index (χ0) is 15.9. The van der Waals surface area contributed by atoms with Crippen molar-refractivity contribution in [3.05, 3.63) is 29.8 Å². The molecule has 0 aromatic heterocycles. The van der Waals surface area contributed by atoms with Gasteiger partial charge in [-0.25, -0.2) is 0 Å². The molecular weight excluding hydrogens is 313 g/mol. The smallest absolute Gasteiger partial charge is 0.382 e. The number of rotatable bonds is 8. The van der Waals surface area contributed by atoms with Crippen molar-refractivity contribution in [1.29, 1.82) is 0 Å². The molecule has 0 spiro atoms. The molecule has 0 heterocycles. The van der Waals surface area contributed by atoms with Crippen LogP contribution in [0.1, 0.15) is 19.4 Å². The first-order valence-corrected chi connectivity index (χ1v) is 9.11. The van der Waals surface area contributed by atoms with Gasteiger partial charge in [-0.3, -0.25) is 13.8 Å². The molecule has 1 aromatic rings. The van der Waals surface area contributed by atoms with Crippen LogP contribution in [0.4, 0.5) is 0 Å². The predicted octanol–water partition coefficient (Wildman–Crippen LogP) is 2.10. The normalized spacial score (nSPS) is 12.9. The molecule has 0 radical (unpaired) electrons. The van der Waals surface area contributed by atoms with Crippen molar-refractivity contribution >= 4 is 24.5 Å². The number of nitrogens with two attached hydrogens (primary N) is 1. The van der Waals surface area contributed by atoms with E-state index in [1.165, 1.54) is 12.1 Å². The number of aromatic hydroxyl groups is 1. The lowest BCUT2D eigenvalue weighted by Gasteiger charge is -2.21. The van der Waals surface area contributed by atoms with Gasteiger partial charge in [0.15, 0.2) is 0 Å². The molecule has 0 saturated heterocycles. The first-order chi connectivity index (χ1) is 9.90. The highest BCUT2D eigenvalue weighted by Gasteiger charge is 2.27. The molecule has 3 N–H and O–H groups in total. The van der Waals surface area contributed by atoms with Crippen molar-refractivity contribution in [2.75, 3.05) is 13.2 Å². The van der Waals surface area contributed by atoms with Crippen molar-refractivity contribution in [1.82, 2.24) is 0 Å². The van der Waals surface area contributed by atoms with E-state index in [9.17, 15) is 9.90 Å². The topological polar surface area (TPSA) is 91.0 Å². The first kappa shape index (κ1) is 18.1. The number of carbonyl (C=O) groups is 1. The van der Waals surface area contributed by atoms with Crippen LogP contribution in [0.25, 0.3) is 0 Å². The number of hydrogen-bond acceptors (Lipinski definition) is 7. The van der Waals surface area contributed by atoms with Crippen molar-refractivity contribution in [3.63, 3.8) is 0 Å². The van der Waals surface area contributed by atoms with Crippen LogP contribution in [0, 0.1) is 0 Å². The Morgan fingerprint density at radius 2 is 1.81 bits per heavy atom. The lowest BCUT2D eigenvalue weighted by molar-refractivity contribution is -0.136. The summed E-state index contributed by atoms with van der Waals surface area (Å²) in [7, 11) is 0. The largest absolute Gasteiger partial charge is 0.508 e. The Kier molecular flexibility index (Phi) is 7.28. The molecular formula is C13H20NO5PS. The van der Waals surface area contributed by atoms with E-state index < -0.39 is 18.7 Å². The summed E-state index contributed by atoms with van der Waals surface area (Å²) in [5.41, 5.74) is 6.61. The molecule has 0 aliphatic heterocycles. The predicted molar refractivity (Wildman–Crippen MR) is 83.4 cm³/mol. The van der Waals surface area contributed by atoms with Crippen LogP contribution in [0.2, 0.25) is 0 Å². The fourth-order valence-corrected chi connectivity index (χ4v) is 3.57. The van der Waals surface area contributed by atoms with Gasteiger partial charge in [-0.1, -0.05) is 12.1 Å². The summed E-state index contributed by atoms with van der Waals surface area (Å²) in [5.74, 6) is -0.508. The average Bonchev–Trinajstić information content (AvgIpc) is 2.41. The molecule has 0 fully saturated rings. The fourth-order valence-electron chi connectivity index (χ4n) is 1.55. The Bertz CT molecular complexity index is 498. The number of benzene rings is 1. The van der Waals surface area contributed by atoms with E-state index in [2.05, 4.69) is 0 Å². The number of phenolic OH excluding ortho intramolecular Hbond substituents is 1. The van der Waals surface area contributed by atoms with Crippen LogP contribution in [-0.2, 0) is 36.6 Å². The lowest BCUT2D eigenvalue weighted by atomic mass is 10.1. The van der Waals surface area contributed by atoms with Gasteiger partial charge in [0.2, 0.25) is 0 Å². The molecule has 0 bridgehead atoms. The molecule has 21 heavy (non-hydrogen) atoms. The van der Waals surface area contributed by atoms with E-state index in [1.54, 1.807) is 26.0 Å². The van der Waals surface area contributed by atoms with E-state index in [-0.39, 0.29) is 25.4 Å². The molecule has 0 amide bonds. The highest BCUT2D eigenvalue weighted by molar-refractivity contribution is 8.07. The van der Waals surface area contributed by atoms with Gasteiger partial charge in [0.1, 0.15) is 11.8 Å². The summed E-state index contributed by atoms with van der Waals surface area (Å²) in [4.78, 5) is 12.0. The van der Waals surface area contributed by atoms with E-state index >= 15 is 0 Å². The van der Waals surface area contributed by atoms with Crippen LogP contribution < -0.4 is 5.73 Å². The molecule has 6 nitrogen and oxygen atoms in total. The quantitative estimate of drug-likeness (QED) is 0.704. The maximum absolute atomic E-state index is 12.0. The van der Waals surface area contributed by atoms with Gasteiger partial charge < -0.3 is 15.4 Å². The average molecular weight is 333 g/mol. The highest BCUT2D eigenvalue weighted by atomic mass is 32.5. The molecule has 0 aliphatic rings. The Labute approximate surface area is 129 Å². The van der Waals surface area contributed by atoms with Crippen LogP contribution in [-0.4, -0.2) is 30.3 Å². The number of hydrogen-bond donors (Lipinski definition) is 2. The Morgan fingerprint density at radius 1 is 1.29 bits per heavy atom. The Balaban J connectivity index is 2.64. The summed E-state index contributed by atoms with van der Waals surface area (Å²) in [6, 6.07) is 5.54. The second-order valence-corrected chi connectivity index (χ2v) is 7.11. The number of phenols is 1. The summed E-state index contributed by atoms with van der Waals surface area (Å²) in [5, 5.41) is 9.21. The molecule has 1 rings (SSSR count). The van der Waals surface area contributed by atoms with Crippen molar-refractivity contribution in [2.45, 2.75) is 26.3 Å². The van der Waals surface area contributed by atoms with Gasteiger partial charge in [0, 0.05) is 11.8 Å². The van der Waals surface area contributed by atoms with Gasteiger partial charge in [-0.15, -0.1) is 0 Å². The van der Waals surface area contributed by atoms with Gasteiger partial charge in [-0.05, 0) is 38.0 Å². The van der Waals surface area contributed by atoms with Gasteiger partial charge in [-0.2, -0.15) is 0 Å². The molecule has 1 atom stereocenters. The molecule has 8 heteroatoms. The fraction of sp³-hybridized carbons (Fsp3) is 0.462. The van der Waals surface area contributed by atoms with E-state index in [0.29, 0.717) is 0 Å². The highest BCUT2D eigenvalue weighted by Crippen LogP contribution is 2.49. The molecule has 1 aromatic carbocycles. The van der Waals surface area contributed by atoms with Crippen LogP contribution in [0.5, 0.6) is 5.75 Å². The molecule has 118 valence electrons. The van der Waals surface area contributed by atoms with Crippen molar-refractivity contribution in [3.8, 4) is 5.75 Å². The lowest BCUT2D eigenvalue weighted by Crippen LogP contribution is -2.34. The zero-order valence-electron chi connectivity index (χ0n) is 12.0. The third kappa shape index (κ3) is 6.11. The third-order valence-corrected chi connectivity index (χ3v) is 4.88.